The Balaban J connectivity index is 1.81. The van der Waals surface area contributed by atoms with E-state index in [1.807, 2.05) is 48.5 Å². The maximum atomic E-state index is 12.9. The number of nitrogens with one attached hydrogen (secondary N) is 1. The van der Waals surface area contributed by atoms with Crippen LogP contribution >= 0.6 is 0 Å². The van der Waals surface area contributed by atoms with E-state index in [0.717, 1.165) is 17.5 Å². The minimum atomic E-state index is -3.76. The Kier molecular flexibility index (Phi) is 6.20. The number of ether oxygens (including phenoxy) is 1. The van der Waals surface area contributed by atoms with Crippen LogP contribution in [0.5, 0.6) is 5.75 Å². The van der Waals surface area contributed by atoms with Crippen molar-refractivity contribution < 1.29 is 23.1 Å². The zero-order valence-electron chi connectivity index (χ0n) is 18.3. The van der Waals surface area contributed by atoms with Gasteiger partial charge in [-0.25, -0.2) is 8.42 Å². The second-order valence-electron chi connectivity index (χ2n) is 7.94. The second-order valence-corrected chi connectivity index (χ2v) is 9.89. The third kappa shape index (κ3) is 4.75. The van der Waals surface area contributed by atoms with Crippen molar-refractivity contribution in [1.29, 1.82) is 0 Å². The van der Waals surface area contributed by atoms with Crippen molar-refractivity contribution in [3.8, 4) is 5.75 Å². The number of fused-ring (bicyclic) bond motifs is 1. The number of carboxylic acids is 1. The fraction of sp³-hybridized carbons (Fsp3) is 0.200. The van der Waals surface area contributed by atoms with Crippen molar-refractivity contribution in [3.63, 3.8) is 0 Å². The molecule has 4 aromatic rings. The van der Waals surface area contributed by atoms with E-state index in [0.29, 0.717) is 22.2 Å². The summed E-state index contributed by atoms with van der Waals surface area (Å²) in [6, 6.07) is 18.1. The van der Waals surface area contributed by atoms with Gasteiger partial charge in [-0.3, -0.25) is 9.78 Å². The van der Waals surface area contributed by atoms with Crippen molar-refractivity contribution in [2.75, 3.05) is 6.26 Å². The number of benzene rings is 2. The van der Waals surface area contributed by atoms with Gasteiger partial charge in [0, 0.05) is 34.6 Å². The smallest absolute Gasteiger partial charge is 0.312 e. The van der Waals surface area contributed by atoms with E-state index < -0.39 is 21.7 Å². The number of pyridine rings is 1. The first-order valence-corrected chi connectivity index (χ1v) is 12.3. The number of aromatic nitrogens is 2. The van der Waals surface area contributed by atoms with Crippen LogP contribution in [0.4, 0.5) is 0 Å². The molecule has 0 aliphatic heterocycles. The number of aryl methyl sites for hydroxylation is 1. The Morgan fingerprint density at radius 3 is 2.45 bits per heavy atom. The van der Waals surface area contributed by atoms with Crippen molar-refractivity contribution in [2.45, 2.75) is 30.8 Å². The normalized spacial score (nSPS) is 12.5. The SMILES string of the molecule is Cc1c(OCc2ccccn2)ccc2[nH]c(C(Cc3ccccc3)C(=O)O)c(S(C)(=O)=O)c12. The monoisotopic (exact) mass is 464 g/mol. The molecule has 2 heterocycles. The molecule has 0 aliphatic rings. The Morgan fingerprint density at radius 2 is 1.82 bits per heavy atom. The summed E-state index contributed by atoms with van der Waals surface area (Å²) in [5, 5.41) is 10.4. The predicted molar refractivity (Wildman–Crippen MR) is 125 cm³/mol. The van der Waals surface area contributed by atoms with Gasteiger partial charge < -0.3 is 14.8 Å². The minimum Gasteiger partial charge on any atom is -0.487 e. The molecule has 0 fully saturated rings. The Hall–Kier alpha value is -3.65. The lowest BCUT2D eigenvalue weighted by molar-refractivity contribution is -0.138. The Bertz CT molecular complexity index is 1400. The summed E-state index contributed by atoms with van der Waals surface area (Å²) in [6.45, 7) is 2.00. The molecular weight excluding hydrogens is 440 g/mol. The van der Waals surface area contributed by atoms with Crippen LogP contribution in [0.1, 0.15) is 28.4 Å². The summed E-state index contributed by atoms with van der Waals surface area (Å²) in [5.41, 5.74) is 2.89. The van der Waals surface area contributed by atoms with Crippen LogP contribution in [0.2, 0.25) is 0 Å². The quantitative estimate of drug-likeness (QED) is 0.403. The van der Waals surface area contributed by atoms with E-state index in [1.54, 1.807) is 25.3 Å². The van der Waals surface area contributed by atoms with Crippen LogP contribution in [0.3, 0.4) is 0 Å². The van der Waals surface area contributed by atoms with E-state index in [4.69, 9.17) is 4.74 Å². The molecule has 4 rings (SSSR count). The molecule has 8 heteroatoms. The van der Waals surface area contributed by atoms with Crippen LogP contribution in [0, 0.1) is 6.92 Å². The Morgan fingerprint density at radius 1 is 1.09 bits per heavy atom. The molecule has 1 atom stereocenters. The molecule has 1 unspecified atom stereocenters. The zero-order valence-corrected chi connectivity index (χ0v) is 19.1. The molecule has 170 valence electrons. The molecule has 0 saturated carbocycles. The number of rotatable bonds is 8. The van der Waals surface area contributed by atoms with Crippen LogP contribution in [0.25, 0.3) is 10.9 Å². The van der Waals surface area contributed by atoms with Gasteiger partial charge in [0.2, 0.25) is 0 Å². The molecule has 2 N–H and O–H groups in total. The van der Waals surface area contributed by atoms with Crippen molar-refractivity contribution in [1.82, 2.24) is 9.97 Å². The first kappa shape index (κ1) is 22.5. The van der Waals surface area contributed by atoms with Crippen molar-refractivity contribution >= 4 is 26.7 Å². The van der Waals surface area contributed by atoms with Crippen molar-refractivity contribution in [2.24, 2.45) is 0 Å². The summed E-state index contributed by atoms with van der Waals surface area (Å²) in [4.78, 5) is 19.5. The number of hydrogen-bond donors (Lipinski definition) is 2. The summed E-state index contributed by atoms with van der Waals surface area (Å²) in [5.74, 6) is -1.64. The van der Waals surface area contributed by atoms with Gasteiger partial charge in [-0.1, -0.05) is 36.4 Å². The average Bonchev–Trinajstić information content (AvgIpc) is 3.19. The van der Waals surface area contributed by atoms with Gasteiger partial charge in [0.15, 0.2) is 9.84 Å². The maximum absolute atomic E-state index is 12.9. The summed E-state index contributed by atoms with van der Waals surface area (Å²) in [6.07, 6.45) is 2.93. The lowest BCUT2D eigenvalue weighted by atomic mass is 9.96. The Labute approximate surface area is 192 Å². The van der Waals surface area contributed by atoms with Crippen LogP contribution in [-0.4, -0.2) is 35.7 Å². The number of H-pyrrole nitrogens is 1. The topological polar surface area (TPSA) is 109 Å². The molecule has 2 aromatic heterocycles. The van der Waals surface area contributed by atoms with Gasteiger partial charge in [0.1, 0.15) is 18.3 Å². The summed E-state index contributed by atoms with van der Waals surface area (Å²) in [7, 11) is -3.76. The standard InChI is InChI=1S/C25H24N2O5S/c1-16-21(32-15-18-10-6-7-13-26-18)12-11-20-22(16)24(33(2,30)31)23(27-20)19(25(28)29)14-17-8-4-3-5-9-17/h3-13,19,27H,14-15H2,1-2H3,(H,28,29). The average molecular weight is 465 g/mol. The van der Waals surface area contributed by atoms with Crippen molar-refractivity contribution in [3.05, 3.63) is 89.4 Å². The largest absolute Gasteiger partial charge is 0.487 e. The van der Waals surface area contributed by atoms with E-state index in [9.17, 15) is 18.3 Å². The molecular formula is C25H24N2O5S. The lowest BCUT2D eigenvalue weighted by Crippen LogP contribution is -2.17. The number of carbonyl (C=O) groups is 1. The summed E-state index contributed by atoms with van der Waals surface area (Å²) >= 11 is 0. The van der Waals surface area contributed by atoms with Gasteiger partial charge in [-0.05, 0) is 43.2 Å². The van der Waals surface area contributed by atoms with Crippen LogP contribution in [-0.2, 0) is 27.7 Å². The molecule has 2 aromatic carbocycles. The molecule has 33 heavy (non-hydrogen) atoms. The van der Waals surface area contributed by atoms with Gasteiger partial charge in [-0.2, -0.15) is 0 Å². The van der Waals surface area contributed by atoms with Crippen LogP contribution < -0.4 is 4.74 Å². The number of nitrogens with zero attached hydrogens (tertiary/aromatic N) is 1. The molecule has 0 saturated heterocycles. The van der Waals surface area contributed by atoms with E-state index >= 15 is 0 Å². The van der Waals surface area contributed by atoms with Gasteiger partial charge in [-0.15, -0.1) is 0 Å². The second kappa shape index (κ2) is 9.07. The maximum Gasteiger partial charge on any atom is 0.312 e. The molecule has 0 radical (unpaired) electrons. The highest BCUT2D eigenvalue weighted by molar-refractivity contribution is 7.91. The lowest BCUT2D eigenvalue weighted by Gasteiger charge is -2.14. The number of sulfone groups is 1. The fourth-order valence-electron chi connectivity index (χ4n) is 4.01. The molecule has 0 amide bonds. The number of aliphatic carboxylic acids is 1. The third-order valence-corrected chi connectivity index (χ3v) is 6.72. The highest BCUT2D eigenvalue weighted by Gasteiger charge is 2.31. The van der Waals surface area contributed by atoms with E-state index in [2.05, 4.69) is 9.97 Å². The fourth-order valence-corrected chi connectivity index (χ4v) is 5.24. The van der Waals surface area contributed by atoms with E-state index in [1.165, 1.54) is 0 Å². The zero-order chi connectivity index (χ0) is 23.6. The van der Waals surface area contributed by atoms with E-state index in [-0.39, 0.29) is 23.6 Å². The highest BCUT2D eigenvalue weighted by Crippen LogP contribution is 2.38. The number of hydrogen-bond acceptors (Lipinski definition) is 5. The van der Waals surface area contributed by atoms with Crippen LogP contribution in [0.15, 0.2) is 71.8 Å². The predicted octanol–water partition coefficient (Wildman–Crippen LogP) is 4.26. The molecule has 7 nitrogen and oxygen atoms in total. The third-order valence-electron chi connectivity index (χ3n) is 5.56. The number of carboxylic acid groups (broad SMARTS) is 1. The van der Waals surface area contributed by atoms with Gasteiger partial charge in [0.25, 0.3) is 0 Å². The van der Waals surface area contributed by atoms with Gasteiger partial charge in [0.05, 0.1) is 10.6 Å². The van der Waals surface area contributed by atoms with Gasteiger partial charge >= 0.3 is 5.97 Å². The first-order chi connectivity index (χ1) is 15.8. The summed E-state index contributed by atoms with van der Waals surface area (Å²) < 4.78 is 31.7. The molecule has 0 spiro atoms. The highest BCUT2D eigenvalue weighted by atomic mass is 32.2. The molecule has 0 bridgehead atoms. The minimum absolute atomic E-state index is 0.00150. The molecule has 0 aliphatic carbocycles. The number of aromatic amines is 1. The first-order valence-electron chi connectivity index (χ1n) is 10.4.